The number of nitriles is 1. The number of nitrogens with zero attached hydrogens (tertiary/aromatic N) is 3. The Kier molecular flexibility index (Phi) is 7.00. The number of amides is 1. The minimum Gasteiger partial charge on any atom is -0.341 e. The van der Waals surface area contributed by atoms with Gasteiger partial charge in [0.2, 0.25) is 5.91 Å². The van der Waals surface area contributed by atoms with Crippen molar-refractivity contribution in [1.29, 1.82) is 5.26 Å². The van der Waals surface area contributed by atoms with Crippen LogP contribution in [0.15, 0.2) is 59.6 Å². The maximum atomic E-state index is 13.2. The van der Waals surface area contributed by atoms with Crippen LogP contribution in [0.2, 0.25) is 0 Å². The average Bonchev–Trinajstić information content (AvgIpc) is 3.15. The number of aryl methyl sites for hydroxylation is 2. The Bertz CT molecular complexity index is 1350. The van der Waals surface area contributed by atoms with Crippen LogP contribution in [-0.2, 0) is 17.8 Å². The van der Waals surface area contributed by atoms with Crippen LogP contribution in [0, 0.1) is 11.3 Å². The molecule has 168 valence electrons. The number of anilines is 1. The van der Waals surface area contributed by atoms with Crippen LogP contribution in [0.3, 0.4) is 0 Å². The van der Waals surface area contributed by atoms with Crippen LogP contribution in [0.25, 0.3) is 21.8 Å². The summed E-state index contributed by atoms with van der Waals surface area (Å²) in [6.07, 6.45) is 2.48. The molecule has 1 atom stereocenters. The van der Waals surface area contributed by atoms with Crippen molar-refractivity contribution in [1.82, 2.24) is 9.55 Å². The maximum absolute atomic E-state index is 13.2. The van der Waals surface area contributed by atoms with Crippen molar-refractivity contribution in [3.8, 4) is 6.07 Å². The van der Waals surface area contributed by atoms with Gasteiger partial charge in [0.25, 0.3) is 0 Å². The van der Waals surface area contributed by atoms with Gasteiger partial charge in [0.1, 0.15) is 11.1 Å². The van der Waals surface area contributed by atoms with Gasteiger partial charge in [-0.3, -0.25) is 4.79 Å². The van der Waals surface area contributed by atoms with E-state index in [1.807, 2.05) is 31.2 Å². The second kappa shape index (κ2) is 10.1. The summed E-state index contributed by atoms with van der Waals surface area (Å²) >= 11 is 1.37. The van der Waals surface area contributed by atoms with Crippen molar-refractivity contribution >= 4 is 45.2 Å². The molecule has 0 spiro atoms. The molecule has 2 aromatic heterocycles. The molecular formula is C27H28N4OS. The van der Waals surface area contributed by atoms with Gasteiger partial charge in [-0.1, -0.05) is 50.2 Å². The molecule has 2 aromatic carbocycles. The van der Waals surface area contributed by atoms with Crippen LogP contribution in [0.1, 0.15) is 44.9 Å². The molecule has 0 saturated carbocycles. The highest BCUT2D eigenvalue weighted by Crippen LogP contribution is 2.32. The second-order valence-electron chi connectivity index (χ2n) is 8.01. The van der Waals surface area contributed by atoms with Crippen molar-refractivity contribution in [2.24, 2.45) is 0 Å². The summed E-state index contributed by atoms with van der Waals surface area (Å²) in [6, 6.07) is 20.4. The summed E-state index contributed by atoms with van der Waals surface area (Å²) in [4.78, 5) is 17.8. The monoisotopic (exact) mass is 456 g/mol. The molecule has 4 aromatic rings. The van der Waals surface area contributed by atoms with E-state index in [4.69, 9.17) is 0 Å². The fourth-order valence-corrected chi connectivity index (χ4v) is 5.21. The Balaban J connectivity index is 1.60. The molecule has 0 bridgehead atoms. The SMILES string of the molecule is CCCc1ccc(C#N)c(SC(CC)C(=O)Nc2ccc3c(c2)c2ccccc2n3CC)n1. The number of para-hydroxylation sites is 1. The Morgan fingerprint density at radius 2 is 1.88 bits per heavy atom. The van der Waals surface area contributed by atoms with E-state index in [9.17, 15) is 10.1 Å². The smallest absolute Gasteiger partial charge is 0.237 e. The Morgan fingerprint density at radius 1 is 1.09 bits per heavy atom. The zero-order valence-electron chi connectivity index (χ0n) is 19.3. The lowest BCUT2D eigenvalue weighted by molar-refractivity contribution is -0.115. The van der Waals surface area contributed by atoms with Gasteiger partial charge in [-0.25, -0.2) is 4.98 Å². The summed E-state index contributed by atoms with van der Waals surface area (Å²) in [5, 5.41) is 15.2. The first-order chi connectivity index (χ1) is 16.1. The first-order valence-electron chi connectivity index (χ1n) is 11.5. The Hall–Kier alpha value is -3.30. The number of fused-ring (bicyclic) bond motifs is 3. The average molecular weight is 457 g/mol. The molecule has 4 rings (SSSR count). The molecule has 0 aliphatic heterocycles. The fourth-order valence-electron chi connectivity index (χ4n) is 4.20. The summed E-state index contributed by atoms with van der Waals surface area (Å²) in [5.74, 6) is -0.0762. The van der Waals surface area contributed by atoms with Crippen LogP contribution in [0.4, 0.5) is 5.69 Å². The van der Waals surface area contributed by atoms with Gasteiger partial charge >= 0.3 is 0 Å². The van der Waals surface area contributed by atoms with E-state index in [1.54, 1.807) is 0 Å². The van der Waals surface area contributed by atoms with Gasteiger partial charge in [-0.05, 0) is 56.2 Å². The number of benzene rings is 2. The highest BCUT2D eigenvalue weighted by atomic mass is 32.2. The standard InChI is InChI=1S/C27H28N4OS/c1-4-9-19-13-12-18(17-28)27(30-19)33-25(5-2)26(32)29-20-14-15-24-22(16-20)21-10-7-8-11-23(21)31(24)6-3/h7-8,10-16,25H,4-6,9H2,1-3H3,(H,29,32). The number of nitrogens with one attached hydrogen (secondary N) is 1. The third-order valence-corrected chi connectivity index (χ3v) is 7.18. The molecule has 1 N–H and O–H groups in total. The Labute approximate surface area is 198 Å². The fraction of sp³-hybridized carbons (Fsp3) is 0.296. The third kappa shape index (κ3) is 4.60. The Morgan fingerprint density at radius 3 is 2.61 bits per heavy atom. The van der Waals surface area contributed by atoms with Gasteiger partial charge in [0, 0.05) is 39.7 Å². The van der Waals surface area contributed by atoms with E-state index in [1.165, 1.54) is 22.7 Å². The molecule has 33 heavy (non-hydrogen) atoms. The molecular weight excluding hydrogens is 428 g/mol. The van der Waals surface area contributed by atoms with E-state index in [0.29, 0.717) is 17.0 Å². The van der Waals surface area contributed by atoms with E-state index in [2.05, 4.69) is 65.1 Å². The molecule has 1 amide bonds. The largest absolute Gasteiger partial charge is 0.341 e. The minimum absolute atomic E-state index is 0.0762. The maximum Gasteiger partial charge on any atom is 0.237 e. The molecule has 0 radical (unpaired) electrons. The molecule has 0 saturated heterocycles. The molecule has 6 heteroatoms. The quantitative estimate of drug-likeness (QED) is 0.306. The van der Waals surface area contributed by atoms with Crippen molar-refractivity contribution in [3.05, 3.63) is 65.9 Å². The van der Waals surface area contributed by atoms with Gasteiger partial charge in [-0.2, -0.15) is 5.26 Å². The molecule has 5 nitrogen and oxygen atoms in total. The lowest BCUT2D eigenvalue weighted by atomic mass is 10.1. The van der Waals surface area contributed by atoms with Crippen molar-refractivity contribution in [2.45, 2.75) is 56.9 Å². The highest BCUT2D eigenvalue weighted by molar-refractivity contribution is 8.00. The number of pyridine rings is 1. The number of hydrogen-bond donors (Lipinski definition) is 1. The summed E-state index contributed by atoms with van der Waals surface area (Å²) < 4.78 is 2.29. The summed E-state index contributed by atoms with van der Waals surface area (Å²) in [6.45, 7) is 7.11. The lowest BCUT2D eigenvalue weighted by Gasteiger charge is -2.16. The summed E-state index contributed by atoms with van der Waals surface area (Å²) in [7, 11) is 0. The second-order valence-corrected chi connectivity index (χ2v) is 9.21. The van der Waals surface area contributed by atoms with Crippen LogP contribution < -0.4 is 5.32 Å². The van der Waals surface area contributed by atoms with E-state index in [-0.39, 0.29) is 11.2 Å². The van der Waals surface area contributed by atoms with E-state index in [0.717, 1.165) is 41.7 Å². The number of rotatable bonds is 8. The predicted octanol–water partition coefficient (Wildman–Crippen LogP) is 6.54. The predicted molar refractivity (Wildman–Crippen MR) is 137 cm³/mol. The van der Waals surface area contributed by atoms with Crippen LogP contribution >= 0.6 is 11.8 Å². The molecule has 0 aliphatic rings. The minimum atomic E-state index is -0.339. The van der Waals surface area contributed by atoms with Crippen molar-refractivity contribution in [3.63, 3.8) is 0 Å². The number of thioether (sulfide) groups is 1. The van der Waals surface area contributed by atoms with Gasteiger partial charge in [0.05, 0.1) is 10.8 Å². The van der Waals surface area contributed by atoms with E-state index < -0.39 is 0 Å². The lowest BCUT2D eigenvalue weighted by Crippen LogP contribution is -2.24. The first-order valence-corrected chi connectivity index (χ1v) is 12.4. The van der Waals surface area contributed by atoms with Crippen molar-refractivity contribution < 1.29 is 4.79 Å². The molecule has 1 unspecified atom stereocenters. The zero-order chi connectivity index (χ0) is 23.4. The van der Waals surface area contributed by atoms with Gasteiger partial charge < -0.3 is 9.88 Å². The first kappa shape index (κ1) is 22.9. The molecule has 0 aliphatic carbocycles. The number of hydrogen-bond acceptors (Lipinski definition) is 4. The van der Waals surface area contributed by atoms with Crippen LogP contribution in [-0.4, -0.2) is 20.7 Å². The van der Waals surface area contributed by atoms with Crippen molar-refractivity contribution in [2.75, 3.05) is 5.32 Å². The van der Waals surface area contributed by atoms with Crippen LogP contribution in [0.5, 0.6) is 0 Å². The normalized spacial score (nSPS) is 12.1. The number of carbonyl (C=O) groups excluding carboxylic acids is 1. The number of carbonyl (C=O) groups is 1. The van der Waals surface area contributed by atoms with Gasteiger partial charge in [-0.15, -0.1) is 0 Å². The summed E-state index contributed by atoms with van der Waals surface area (Å²) in [5.41, 5.74) is 4.60. The molecule has 0 fully saturated rings. The topological polar surface area (TPSA) is 70.7 Å². The molecule has 2 heterocycles. The highest BCUT2D eigenvalue weighted by Gasteiger charge is 2.21. The number of aromatic nitrogens is 2. The third-order valence-electron chi connectivity index (χ3n) is 5.82. The van der Waals surface area contributed by atoms with E-state index >= 15 is 0 Å². The zero-order valence-corrected chi connectivity index (χ0v) is 20.1. The van der Waals surface area contributed by atoms with Gasteiger partial charge in [0.15, 0.2) is 0 Å².